The Labute approximate surface area is 198 Å². The largest absolute Gasteiger partial charge is 0.456 e. The molecule has 3 rings (SSSR count). The zero-order chi connectivity index (χ0) is 24.3. The SMILES string of the molecule is CCCC[C@H](C(=O)OCC(=O)c1ccc([N+](=O)[O-])cc1)N1C(=O)c2cc(Cl)c(Cl)cc2C1=O. The van der Waals surface area contributed by atoms with Crippen molar-refractivity contribution in [2.45, 2.75) is 32.2 Å². The highest BCUT2D eigenvalue weighted by Crippen LogP contribution is 2.33. The number of carbonyl (C=O) groups excluding carboxylic acids is 4. The van der Waals surface area contributed by atoms with Crippen LogP contribution in [0.5, 0.6) is 0 Å². The number of fused-ring (bicyclic) bond motifs is 1. The number of halogens is 2. The van der Waals surface area contributed by atoms with Gasteiger partial charge in [-0.2, -0.15) is 0 Å². The second-order valence-corrected chi connectivity index (χ2v) is 8.10. The molecular weight excluding hydrogens is 475 g/mol. The van der Waals surface area contributed by atoms with Gasteiger partial charge in [-0.25, -0.2) is 4.79 Å². The van der Waals surface area contributed by atoms with Crippen molar-refractivity contribution in [2.75, 3.05) is 6.61 Å². The van der Waals surface area contributed by atoms with Gasteiger partial charge in [-0.1, -0.05) is 43.0 Å². The molecule has 0 spiro atoms. The first-order chi connectivity index (χ1) is 15.6. The van der Waals surface area contributed by atoms with Crippen LogP contribution < -0.4 is 0 Å². The summed E-state index contributed by atoms with van der Waals surface area (Å²) in [5.74, 6) is -2.90. The summed E-state index contributed by atoms with van der Waals surface area (Å²) in [6.07, 6.45) is 1.35. The van der Waals surface area contributed by atoms with Gasteiger partial charge >= 0.3 is 5.97 Å². The number of non-ortho nitro benzene ring substituents is 1. The van der Waals surface area contributed by atoms with Crippen molar-refractivity contribution in [3.05, 3.63) is 73.2 Å². The molecule has 1 aliphatic rings. The molecule has 0 aromatic heterocycles. The van der Waals surface area contributed by atoms with Gasteiger partial charge in [0.25, 0.3) is 17.5 Å². The van der Waals surface area contributed by atoms with E-state index in [2.05, 4.69) is 0 Å². The lowest BCUT2D eigenvalue weighted by Gasteiger charge is -2.24. The maximum absolute atomic E-state index is 12.9. The number of amides is 2. The summed E-state index contributed by atoms with van der Waals surface area (Å²) >= 11 is 11.9. The molecule has 0 radical (unpaired) electrons. The van der Waals surface area contributed by atoms with Crippen molar-refractivity contribution in [3.8, 4) is 0 Å². The van der Waals surface area contributed by atoms with Gasteiger partial charge in [-0.3, -0.25) is 29.4 Å². The Morgan fingerprint density at radius 2 is 1.61 bits per heavy atom. The molecular formula is C22H18Cl2N2O7. The lowest BCUT2D eigenvalue weighted by molar-refractivity contribution is -0.384. The van der Waals surface area contributed by atoms with Crippen LogP contribution in [0.4, 0.5) is 5.69 Å². The summed E-state index contributed by atoms with van der Waals surface area (Å²) in [4.78, 5) is 61.9. The number of nitro benzene ring substituents is 1. The van der Waals surface area contributed by atoms with Gasteiger partial charge in [0.2, 0.25) is 0 Å². The molecule has 1 atom stereocenters. The van der Waals surface area contributed by atoms with Crippen molar-refractivity contribution in [2.24, 2.45) is 0 Å². The Morgan fingerprint density at radius 3 is 2.09 bits per heavy atom. The molecule has 2 aromatic carbocycles. The van der Waals surface area contributed by atoms with Gasteiger partial charge in [0.05, 0.1) is 26.1 Å². The Balaban J connectivity index is 1.76. The van der Waals surface area contributed by atoms with Crippen LogP contribution in [0.2, 0.25) is 10.0 Å². The van der Waals surface area contributed by atoms with Crippen LogP contribution >= 0.6 is 23.2 Å². The van der Waals surface area contributed by atoms with Crippen LogP contribution in [-0.4, -0.2) is 46.0 Å². The first kappa shape index (κ1) is 24.3. The van der Waals surface area contributed by atoms with Gasteiger partial charge in [0.15, 0.2) is 12.4 Å². The maximum atomic E-state index is 12.9. The number of esters is 1. The number of nitro groups is 1. The van der Waals surface area contributed by atoms with Crippen LogP contribution in [0.25, 0.3) is 0 Å². The third kappa shape index (κ3) is 5.04. The van der Waals surface area contributed by atoms with E-state index in [-0.39, 0.29) is 38.8 Å². The second kappa shape index (κ2) is 10.1. The van der Waals surface area contributed by atoms with Gasteiger partial charge in [0.1, 0.15) is 6.04 Å². The van der Waals surface area contributed by atoms with Crippen molar-refractivity contribution in [1.29, 1.82) is 0 Å². The number of unbranched alkanes of at least 4 members (excludes halogenated alkanes) is 1. The number of imide groups is 1. The predicted octanol–water partition coefficient (Wildman–Crippen LogP) is 4.48. The first-order valence-electron chi connectivity index (χ1n) is 9.97. The third-order valence-corrected chi connectivity index (χ3v) is 5.84. The van der Waals surface area contributed by atoms with Crippen molar-refractivity contribution < 1.29 is 28.8 Å². The van der Waals surface area contributed by atoms with E-state index in [1.165, 1.54) is 24.3 Å². The second-order valence-electron chi connectivity index (χ2n) is 7.29. The number of ether oxygens (including phenoxy) is 1. The Bertz CT molecular complexity index is 1110. The zero-order valence-electron chi connectivity index (χ0n) is 17.4. The highest BCUT2D eigenvalue weighted by molar-refractivity contribution is 6.43. The molecule has 33 heavy (non-hydrogen) atoms. The lowest BCUT2D eigenvalue weighted by atomic mass is 10.1. The summed E-state index contributed by atoms with van der Waals surface area (Å²) in [6.45, 7) is 1.22. The van der Waals surface area contributed by atoms with Crippen LogP contribution in [0, 0.1) is 10.1 Å². The third-order valence-electron chi connectivity index (χ3n) is 5.12. The minimum absolute atomic E-state index is 0.0330. The van der Waals surface area contributed by atoms with E-state index >= 15 is 0 Å². The number of carbonyl (C=O) groups is 4. The van der Waals surface area contributed by atoms with Crippen LogP contribution in [0.3, 0.4) is 0 Å². The van der Waals surface area contributed by atoms with E-state index in [9.17, 15) is 29.3 Å². The number of hydrogen-bond acceptors (Lipinski definition) is 7. The molecule has 1 aliphatic heterocycles. The molecule has 0 fully saturated rings. The van der Waals surface area contributed by atoms with E-state index in [1.54, 1.807) is 0 Å². The fourth-order valence-electron chi connectivity index (χ4n) is 3.37. The maximum Gasteiger partial charge on any atom is 0.329 e. The van der Waals surface area contributed by atoms with Gasteiger partial charge in [-0.05, 0) is 30.7 Å². The molecule has 172 valence electrons. The highest BCUT2D eigenvalue weighted by atomic mass is 35.5. The average molecular weight is 493 g/mol. The molecule has 2 aromatic rings. The van der Waals surface area contributed by atoms with E-state index < -0.39 is 41.1 Å². The fourth-order valence-corrected chi connectivity index (χ4v) is 3.70. The van der Waals surface area contributed by atoms with Crippen LogP contribution in [-0.2, 0) is 9.53 Å². The minimum atomic E-state index is -1.24. The lowest BCUT2D eigenvalue weighted by Crippen LogP contribution is -2.46. The van der Waals surface area contributed by atoms with Gasteiger partial charge < -0.3 is 4.74 Å². The van der Waals surface area contributed by atoms with Crippen LogP contribution in [0.1, 0.15) is 57.3 Å². The molecule has 0 aliphatic carbocycles. The fraction of sp³-hybridized carbons (Fsp3) is 0.273. The van der Waals surface area contributed by atoms with E-state index in [4.69, 9.17) is 27.9 Å². The predicted molar refractivity (Wildman–Crippen MR) is 119 cm³/mol. The summed E-state index contributed by atoms with van der Waals surface area (Å²) in [5.41, 5.74) is -0.00571. The highest BCUT2D eigenvalue weighted by Gasteiger charge is 2.43. The number of ketones is 1. The normalized spacial score (nSPS) is 13.6. The number of Topliss-reactive ketones (excluding diaryl/α,β-unsaturated/α-hetero) is 1. The molecule has 2 amide bonds. The summed E-state index contributed by atoms with van der Waals surface area (Å²) < 4.78 is 5.13. The quantitative estimate of drug-likeness (QED) is 0.166. The molecule has 0 N–H and O–H groups in total. The van der Waals surface area contributed by atoms with E-state index in [0.29, 0.717) is 12.8 Å². The standard InChI is InChI=1S/C22H18Cl2N2O7/c1-2-3-4-18(25-20(28)14-9-16(23)17(24)10-15(14)21(25)29)22(30)33-11-19(27)12-5-7-13(8-6-12)26(31)32/h5-10,18H,2-4,11H2,1H3/t18-/m1/s1. The molecule has 0 saturated heterocycles. The van der Waals surface area contributed by atoms with E-state index in [0.717, 1.165) is 17.0 Å². The molecule has 0 unspecified atom stereocenters. The van der Waals surface area contributed by atoms with E-state index in [1.807, 2.05) is 6.92 Å². The number of nitrogens with zero attached hydrogens (tertiary/aromatic N) is 2. The van der Waals surface area contributed by atoms with Gasteiger partial charge in [-0.15, -0.1) is 0 Å². The summed E-state index contributed by atoms with van der Waals surface area (Å²) in [7, 11) is 0. The Morgan fingerprint density at radius 1 is 1.06 bits per heavy atom. The molecule has 11 heteroatoms. The Kier molecular flexibility index (Phi) is 7.45. The van der Waals surface area contributed by atoms with Crippen molar-refractivity contribution in [1.82, 2.24) is 4.90 Å². The summed E-state index contributed by atoms with van der Waals surface area (Å²) in [6, 6.07) is 6.14. The number of hydrogen-bond donors (Lipinski definition) is 0. The van der Waals surface area contributed by atoms with Crippen LogP contribution in [0.15, 0.2) is 36.4 Å². The first-order valence-corrected chi connectivity index (χ1v) is 10.7. The smallest absolute Gasteiger partial charge is 0.329 e. The molecule has 1 heterocycles. The van der Waals surface area contributed by atoms with Crippen molar-refractivity contribution in [3.63, 3.8) is 0 Å². The molecule has 0 saturated carbocycles. The van der Waals surface area contributed by atoms with Crippen molar-refractivity contribution >= 4 is 52.5 Å². The molecule has 9 nitrogen and oxygen atoms in total. The molecule has 0 bridgehead atoms. The Hall–Kier alpha value is -3.30. The monoisotopic (exact) mass is 492 g/mol. The number of rotatable bonds is 9. The topological polar surface area (TPSA) is 124 Å². The average Bonchev–Trinajstić information content (AvgIpc) is 3.02. The minimum Gasteiger partial charge on any atom is -0.456 e. The number of benzene rings is 2. The zero-order valence-corrected chi connectivity index (χ0v) is 18.9. The van der Waals surface area contributed by atoms with Gasteiger partial charge in [0, 0.05) is 17.7 Å². The summed E-state index contributed by atoms with van der Waals surface area (Å²) in [5, 5.41) is 10.9.